The van der Waals surface area contributed by atoms with Crippen LogP contribution in [0.3, 0.4) is 0 Å². The Labute approximate surface area is 102 Å². The van der Waals surface area contributed by atoms with Crippen LogP contribution in [0.2, 0.25) is 0 Å². The minimum atomic E-state index is -3.30. The van der Waals surface area contributed by atoms with Crippen molar-refractivity contribution in [1.29, 1.82) is 0 Å². The minimum Gasteiger partial charge on any atom is -0.444 e. The molecule has 0 aliphatic heterocycles. The van der Waals surface area contributed by atoms with Crippen LogP contribution < -0.4 is 0 Å². The van der Waals surface area contributed by atoms with Crippen molar-refractivity contribution in [2.24, 2.45) is 0 Å². The van der Waals surface area contributed by atoms with E-state index >= 15 is 0 Å². The van der Waals surface area contributed by atoms with Gasteiger partial charge in [0.25, 0.3) is 0 Å². The van der Waals surface area contributed by atoms with E-state index < -0.39 is 28.1 Å². The summed E-state index contributed by atoms with van der Waals surface area (Å²) in [5, 5.41) is 8.54. The van der Waals surface area contributed by atoms with Gasteiger partial charge in [0.2, 0.25) is 0 Å². The molecule has 0 aliphatic carbocycles. The van der Waals surface area contributed by atoms with Gasteiger partial charge in [0.1, 0.15) is 5.60 Å². The molecule has 0 saturated heterocycles. The molecule has 0 aliphatic rings. The van der Waals surface area contributed by atoms with Gasteiger partial charge in [0.15, 0.2) is 9.84 Å². The number of nitrogens with zero attached hydrogens (tertiary/aromatic N) is 1. The quantitative estimate of drug-likeness (QED) is 0.772. The largest absolute Gasteiger partial charge is 0.444 e. The Balaban J connectivity index is 4.19. The zero-order valence-corrected chi connectivity index (χ0v) is 11.6. The topological polar surface area (TPSA) is 83.9 Å². The highest BCUT2D eigenvalue weighted by Gasteiger charge is 2.20. The van der Waals surface area contributed by atoms with Crippen LogP contribution in [0.4, 0.5) is 4.79 Å². The van der Waals surface area contributed by atoms with Crippen LogP contribution in [0.5, 0.6) is 0 Å². The molecule has 0 fully saturated rings. The molecule has 0 unspecified atom stereocenters. The smallest absolute Gasteiger partial charge is 0.410 e. The predicted octanol–water partition coefficient (Wildman–Crippen LogP) is 0.260. The van der Waals surface area contributed by atoms with E-state index in [0.29, 0.717) is 0 Å². The second-order valence-corrected chi connectivity index (χ2v) is 7.08. The average Bonchev–Trinajstić information content (AvgIpc) is 2.11. The van der Waals surface area contributed by atoms with Crippen LogP contribution in [0.25, 0.3) is 0 Å². The van der Waals surface area contributed by atoms with E-state index in [1.54, 1.807) is 20.8 Å². The molecule has 1 N–H and O–H groups in total. The summed E-state index contributed by atoms with van der Waals surface area (Å²) in [4.78, 5) is 12.7. The van der Waals surface area contributed by atoms with Crippen LogP contribution in [0, 0.1) is 0 Å². The average molecular weight is 267 g/mol. The molecule has 0 aromatic carbocycles. The third-order valence-electron chi connectivity index (χ3n) is 1.85. The molecule has 17 heavy (non-hydrogen) atoms. The molecule has 1 amide bonds. The number of aliphatic hydroxyl groups is 1. The van der Waals surface area contributed by atoms with Crippen molar-refractivity contribution in [1.82, 2.24) is 4.90 Å². The summed E-state index contributed by atoms with van der Waals surface area (Å²) in [5.74, 6) is -0.460. The number of carbonyl (C=O) groups is 1. The first-order chi connectivity index (χ1) is 7.57. The number of ether oxygens (including phenoxy) is 1. The van der Waals surface area contributed by atoms with Gasteiger partial charge in [-0.05, 0) is 20.8 Å². The molecule has 102 valence electrons. The molecule has 0 rings (SSSR count). The van der Waals surface area contributed by atoms with E-state index in [1.807, 2.05) is 0 Å². The van der Waals surface area contributed by atoms with Gasteiger partial charge in [-0.1, -0.05) is 0 Å². The van der Waals surface area contributed by atoms with Crippen LogP contribution >= 0.6 is 0 Å². The molecule has 0 saturated carbocycles. The van der Waals surface area contributed by atoms with Crippen molar-refractivity contribution in [2.75, 3.05) is 31.7 Å². The van der Waals surface area contributed by atoms with Crippen molar-refractivity contribution >= 4 is 15.9 Å². The lowest BCUT2D eigenvalue weighted by Gasteiger charge is -2.24. The molecule has 0 atom stereocenters. The van der Waals surface area contributed by atoms with Gasteiger partial charge in [0.05, 0.1) is 18.1 Å². The molecular weight excluding hydrogens is 246 g/mol. The lowest BCUT2D eigenvalue weighted by Crippen LogP contribution is -2.37. The monoisotopic (exact) mass is 267 g/mol. The summed E-state index contributed by atoms with van der Waals surface area (Å²) in [6.07, 6.45) is -0.559. The fourth-order valence-electron chi connectivity index (χ4n) is 0.948. The molecule has 0 radical (unpaired) electrons. The minimum absolute atomic E-state index is 0.0528. The molecule has 6 nitrogen and oxygen atoms in total. The molecule has 0 aromatic heterocycles. The second kappa shape index (κ2) is 6.20. The van der Waals surface area contributed by atoms with Gasteiger partial charge >= 0.3 is 6.09 Å². The Kier molecular flexibility index (Phi) is 5.91. The summed E-state index contributed by atoms with van der Waals surface area (Å²) in [5.41, 5.74) is -0.602. The normalized spacial score (nSPS) is 12.3. The first kappa shape index (κ1) is 16.2. The zero-order valence-electron chi connectivity index (χ0n) is 10.8. The summed E-state index contributed by atoms with van der Waals surface area (Å²) >= 11 is 0. The third-order valence-corrected chi connectivity index (χ3v) is 3.45. The molecule has 0 aromatic rings. The summed E-state index contributed by atoms with van der Waals surface area (Å²) in [6.45, 7) is 4.86. The SMILES string of the molecule is CN(CCS(=O)(=O)CCO)C(=O)OC(C)(C)C. The van der Waals surface area contributed by atoms with E-state index in [2.05, 4.69) is 0 Å². The van der Waals surface area contributed by atoms with Crippen molar-refractivity contribution in [3.63, 3.8) is 0 Å². The number of rotatable bonds is 5. The number of hydrogen-bond donors (Lipinski definition) is 1. The molecule has 0 spiro atoms. The Hall–Kier alpha value is -0.820. The van der Waals surface area contributed by atoms with E-state index in [9.17, 15) is 13.2 Å². The lowest BCUT2D eigenvalue weighted by molar-refractivity contribution is 0.0309. The van der Waals surface area contributed by atoms with Crippen LogP contribution in [0.1, 0.15) is 20.8 Å². The standard InChI is InChI=1S/C10H21NO5S/c1-10(2,3)16-9(13)11(4)5-7-17(14,15)8-6-12/h12H,5-8H2,1-4H3. The second-order valence-electron chi connectivity index (χ2n) is 4.78. The van der Waals surface area contributed by atoms with Crippen LogP contribution in [-0.2, 0) is 14.6 Å². The van der Waals surface area contributed by atoms with E-state index in [0.717, 1.165) is 0 Å². The van der Waals surface area contributed by atoms with Gasteiger partial charge in [0, 0.05) is 13.6 Å². The first-order valence-electron chi connectivity index (χ1n) is 5.33. The third kappa shape index (κ3) is 7.98. The highest BCUT2D eigenvalue weighted by atomic mass is 32.2. The number of sulfone groups is 1. The van der Waals surface area contributed by atoms with Crippen molar-refractivity contribution in [3.8, 4) is 0 Å². The summed E-state index contributed by atoms with van der Waals surface area (Å²) < 4.78 is 27.7. The summed E-state index contributed by atoms with van der Waals surface area (Å²) in [6, 6.07) is 0. The molecular formula is C10H21NO5S. The van der Waals surface area contributed by atoms with Crippen LogP contribution in [-0.4, -0.2) is 61.8 Å². The van der Waals surface area contributed by atoms with Crippen molar-refractivity contribution in [3.05, 3.63) is 0 Å². The number of carbonyl (C=O) groups excluding carboxylic acids is 1. The Morgan fingerprint density at radius 2 is 1.82 bits per heavy atom. The maximum atomic E-state index is 11.5. The van der Waals surface area contributed by atoms with E-state index in [-0.39, 0.29) is 18.1 Å². The van der Waals surface area contributed by atoms with Gasteiger partial charge in [-0.3, -0.25) is 0 Å². The van der Waals surface area contributed by atoms with Gasteiger partial charge in [-0.15, -0.1) is 0 Å². The Morgan fingerprint density at radius 3 is 2.24 bits per heavy atom. The van der Waals surface area contributed by atoms with E-state index in [4.69, 9.17) is 9.84 Å². The van der Waals surface area contributed by atoms with Crippen LogP contribution in [0.15, 0.2) is 0 Å². The summed E-state index contributed by atoms with van der Waals surface area (Å²) in [7, 11) is -1.83. The zero-order chi connectivity index (χ0) is 13.7. The molecule has 0 heterocycles. The predicted molar refractivity (Wildman–Crippen MR) is 64.6 cm³/mol. The highest BCUT2D eigenvalue weighted by molar-refractivity contribution is 7.91. The van der Waals surface area contributed by atoms with Crippen molar-refractivity contribution in [2.45, 2.75) is 26.4 Å². The Morgan fingerprint density at radius 1 is 1.29 bits per heavy atom. The van der Waals surface area contributed by atoms with E-state index in [1.165, 1.54) is 11.9 Å². The number of aliphatic hydroxyl groups excluding tert-OH is 1. The highest BCUT2D eigenvalue weighted by Crippen LogP contribution is 2.09. The Bertz CT molecular complexity index is 344. The first-order valence-corrected chi connectivity index (χ1v) is 7.15. The lowest BCUT2D eigenvalue weighted by atomic mass is 10.2. The molecule has 7 heteroatoms. The fraction of sp³-hybridized carbons (Fsp3) is 0.900. The maximum absolute atomic E-state index is 11.5. The fourth-order valence-corrected chi connectivity index (χ4v) is 1.98. The van der Waals surface area contributed by atoms with Crippen molar-refractivity contribution < 1.29 is 23.1 Å². The van der Waals surface area contributed by atoms with Gasteiger partial charge in [-0.25, -0.2) is 13.2 Å². The molecule has 0 bridgehead atoms. The van der Waals surface area contributed by atoms with Gasteiger partial charge in [-0.2, -0.15) is 0 Å². The van der Waals surface area contributed by atoms with Gasteiger partial charge < -0.3 is 14.7 Å². The number of amides is 1. The maximum Gasteiger partial charge on any atom is 0.410 e. The number of hydrogen-bond acceptors (Lipinski definition) is 5.